The summed E-state index contributed by atoms with van der Waals surface area (Å²) in [6.45, 7) is 4.24. The molecule has 2 aliphatic rings. The molecule has 4 rings (SSSR count). The number of benzene rings is 1. The van der Waals surface area contributed by atoms with Gasteiger partial charge >= 0.3 is 0 Å². The van der Waals surface area contributed by atoms with Crippen molar-refractivity contribution in [3.8, 4) is 0 Å². The molecule has 1 saturated heterocycles. The van der Waals surface area contributed by atoms with Crippen LogP contribution in [-0.2, 0) is 33.7 Å². The van der Waals surface area contributed by atoms with Gasteiger partial charge in [0.25, 0.3) is 0 Å². The van der Waals surface area contributed by atoms with E-state index in [0.29, 0.717) is 25.5 Å². The second-order valence-electron chi connectivity index (χ2n) is 7.51. The molecule has 1 unspecified atom stereocenters. The summed E-state index contributed by atoms with van der Waals surface area (Å²) in [4.78, 5) is 13.6. The van der Waals surface area contributed by atoms with E-state index in [9.17, 15) is 13.2 Å². The van der Waals surface area contributed by atoms with E-state index in [2.05, 4.69) is 10.2 Å². The van der Waals surface area contributed by atoms with Gasteiger partial charge in [-0.1, -0.05) is 30.3 Å². The fourth-order valence-electron chi connectivity index (χ4n) is 4.05. The molecule has 0 N–H and O–H groups in total. The number of amides is 1. The first-order valence-corrected chi connectivity index (χ1v) is 11.2. The Morgan fingerprint density at radius 1 is 1.14 bits per heavy atom. The van der Waals surface area contributed by atoms with E-state index in [1.165, 1.54) is 4.31 Å². The molecular weight excluding hydrogens is 378 g/mol. The quantitative estimate of drug-likeness (QED) is 0.769. The Morgan fingerprint density at radius 3 is 2.68 bits per heavy atom. The molecule has 0 spiro atoms. The number of carbonyl (C=O) groups excluding carboxylic acids is 1. The average molecular weight is 404 g/mol. The van der Waals surface area contributed by atoms with Gasteiger partial charge in [0.1, 0.15) is 11.6 Å². The van der Waals surface area contributed by atoms with Crippen LogP contribution in [0.4, 0.5) is 0 Å². The molecule has 28 heavy (non-hydrogen) atoms. The van der Waals surface area contributed by atoms with Crippen LogP contribution >= 0.6 is 0 Å². The van der Waals surface area contributed by atoms with Crippen molar-refractivity contribution in [1.82, 2.24) is 24.0 Å². The monoisotopic (exact) mass is 403 g/mol. The van der Waals surface area contributed by atoms with Crippen LogP contribution in [0, 0.1) is 0 Å². The molecule has 1 aromatic carbocycles. The summed E-state index contributed by atoms with van der Waals surface area (Å²) in [5, 5.41) is 8.65. The number of hydrogen-bond donors (Lipinski definition) is 0. The lowest BCUT2D eigenvalue weighted by Gasteiger charge is -2.33. The standard InChI is InChI=1S/C19H25N5O3S/c1-15(25)22-9-5-8-17(12-22)19-21-20-18-13-23(10-11-24(18)19)28(26,27)14-16-6-3-2-4-7-16/h2-4,6-7,17H,5,8-14H2,1H3. The fraction of sp³-hybridized carbons (Fsp3) is 0.526. The number of rotatable bonds is 4. The molecule has 0 saturated carbocycles. The maximum absolute atomic E-state index is 12.8. The lowest BCUT2D eigenvalue weighted by atomic mass is 9.97. The number of piperidine rings is 1. The third-order valence-electron chi connectivity index (χ3n) is 5.56. The second-order valence-corrected chi connectivity index (χ2v) is 9.47. The summed E-state index contributed by atoms with van der Waals surface area (Å²) in [5.41, 5.74) is 0.779. The highest BCUT2D eigenvalue weighted by Gasteiger charge is 2.33. The van der Waals surface area contributed by atoms with Crippen LogP contribution in [0.2, 0.25) is 0 Å². The van der Waals surface area contributed by atoms with Gasteiger partial charge in [-0.3, -0.25) is 4.79 Å². The van der Waals surface area contributed by atoms with Crippen molar-refractivity contribution in [2.45, 2.75) is 44.5 Å². The van der Waals surface area contributed by atoms with Crippen molar-refractivity contribution < 1.29 is 13.2 Å². The van der Waals surface area contributed by atoms with Crippen molar-refractivity contribution in [1.29, 1.82) is 0 Å². The minimum atomic E-state index is -3.42. The van der Waals surface area contributed by atoms with Crippen LogP contribution in [0.25, 0.3) is 0 Å². The van der Waals surface area contributed by atoms with Gasteiger partial charge in [-0.25, -0.2) is 8.42 Å². The van der Waals surface area contributed by atoms with Gasteiger partial charge in [0.2, 0.25) is 15.9 Å². The minimum absolute atomic E-state index is 0.00890. The maximum Gasteiger partial charge on any atom is 0.219 e. The molecule has 2 aromatic rings. The van der Waals surface area contributed by atoms with E-state index in [1.807, 2.05) is 39.8 Å². The molecule has 9 heteroatoms. The molecule has 3 heterocycles. The van der Waals surface area contributed by atoms with E-state index in [-0.39, 0.29) is 24.1 Å². The number of carbonyl (C=O) groups is 1. The number of aromatic nitrogens is 3. The van der Waals surface area contributed by atoms with Crippen molar-refractivity contribution in [2.75, 3.05) is 19.6 Å². The summed E-state index contributed by atoms with van der Waals surface area (Å²) < 4.78 is 29.2. The highest BCUT2D eigenvalue weighted by molar-refractivity contribution is 7.88. The minimum Gasteiger partial charge on any atom is -0.342 e. The van der Waals surface area contributed by atoms with Crippen molar-refractivity contribution in [3.05, 3.63) is 47.5 Å². The summed E-state index contributed by atoms with van der Waals surface area (Å²) in [7, 11) is -3.42. The van der Waals surface area contributed by atoms with Crippen LogP contribution in [0.5, 0.6) is 0 Å². The van der Waals surface area contributed by atoms with Crippen LogP contribution in [0.1, 0.15) is 42.9 Å². The lowest BCUT2D eigenvalue weighted by Crippen LogP contribution is -2.41. The van der Waals surface area contributed by atoms with Gasteiger partial charge < -0.3 is 9.47 Å². The number of fused-ring (bicyclic) bond motifs is 1. The van der Waals surface area contributed by atoms with Crippen LogP contribution in [0.3, 0.4) is 0 Å². The van der Waals surface area contributed by atoms with Gasteiger partial charge in [0.05, 0.1) is 12.3 Å². The van der Waals surface area contributed by atoms with Crippen LogP contribution in [0.15, 0.2) is 30.3 Å². The number of hydrogen-bond acceptors (Lipinski definition) is 5. The molecule has 150 valence electrons. The maximum atomic E-state index is 12.8. The Kier molecular flexibility index (Phi) is 5.20. The molecule has 1 aromatic heterocycles. The predicted octanol–water partition coefficient (Wildman–Crippen LogP) is 1.35. The Labute approximate surface area is 165 Å². The molecule has 0 bridgehead atoms. The summed E-state index contributed by atoms with van der Waals surface area (Å²) in [6, 6.07) is 9.22. The van der Waals surface area contributed by atoms with E-state index in [1.54, 1.807) is 6.92 Å². The third kappa shape index (κ3) is 3.81. The SMILES string of the molecule is CC(=O)N1CCCC(c2nnc3n2CCN(S(=O)(=O)Cc2ccccc2)C3)C1. The van der Waals surface area contributed by atoms with Gasteiger partial charge in [0.15, 0.2) is 0 Å². The van der Waals surface area contributed by atoms with Crippen LogP contribution < -0.4 is 0 Å². The Bertz CT molecular complexity index is 957. The number of likely N-dealkylation sites (tertiary alicyclic amines) is 1. The zero-order valence-corrected chi connectivity index (χ0v) is 16.8. The van der Waals surface area contributed by atoms with Gasteiger partial charge in [-0.2, -0.15) is 4.31 Å². The zero-order chi connectivity index (χ0) is 19.7. The number of sulfonamides is 1. The molecule has 1 amide bonds. The first-order chi connectivity index (χ1) is 13.4. The van der Waals surface area contributed by atoms with E-state index >= 15 is 0 Å². The van der Waals surface area contributed by atoms with Crippen molar-refractivity contribution >= 4 is 15.9 Å². The zero-order valence-electron chi connectivity index (χ0n) is 16.0. The molecule has 2 aliphatic heterocycles. The van der Waals surface area contributed by atoms with E-state index in [0.717, 1.165) is 30.8 Å². The normalized spacial score (nSPS) is 20.8. The third-order valence-corrected chi connectivity index (χ3v) is 7.36. The topological polar surface area (TPSA) is 88.4 Å². The molecular formula is C19H25N5O3S. The molecule has 1 atom stereocenters. The highest BCUT2D eigenvalue weighted by Crippen LogP contribution is 2.28. The van der Waals surface area contributed by atoms with Crippen molar-refractivity contribution in [3.63, 3.8) is 0 Å². The Balaban J connectivity index is 1.49. The Morgan fingerprint density at radius 2 is 1.93 bits per heavy atom. The molecule has 0 aliphatic carbocycles. The van der Waals surface area contributed by atoms with Crippen molar-refractivity contribution in [2.24, 2.45) is 0 Å². The number of nitrogens with zero attached hydrogens (tertiary/aromatic N) is 5. The highest BCUT2D eigenvalue weighted by atomic mass is 32.2. The van der Waals surface area contributed by atoms with Gasteiger partial charge in [-0.15, -0.1) is 10.2 Å². The predicted molar refractivity (Wildman–Crippen MR) is 104 cm³/mol. The summed E-state index contributed by atoms with van der Waals surface area (Å²) in [6.07, 6.45) is 1.92. The van der Waals surface area contributed by atoms with E-state index < -0.39 is 10.0 Å². The first kappa shape index (κ1) is 19.1. The average Bonchev–Trinajstić information content (AvgIpc) is 3.12. The second kappa shape index (κ2) is 7.63. The smallest absolute Gasteiger partial charge is 0.219 e. The van der Waals surface area contributed by atoms with Crippen LogP contribution in [-0.4, -0.2) is 57.9 Å². The largest absolute Gasteiger partial charge is 0.342 e. The summed E-state index contributed by atoms with van der Waals surface area (Å²) in [5.74, 6) is 1.79. The molecule has 0 radical (unpaired) electrons. The molecule has 1 fully saturated rings. The van der Waals surface area contributed by atoms with E-state index in [4.69, 9.17) is 0 Å². The fourth-order valence-corrected chi connectivity index (χ4v) is 5.52. The van der Waals surface area contributed by atoms with Gasteiger partial charge in [-0.05, 0) is 18.4 Å². The Hall–Kier alpha value is -2.26. The summed E-state index contributed by atoms with van der Waals surface area (Å²) >= 11 is 0. The molecule has 8 nitrogen and oxygen atoms in total. The first-order valence-electron chi connectivity index (χ1n) is 9.63. The lowest BCUT2D eigenvalue weighted by molar-refractivity contribution is -0.130. The van der Waals surface area contributed by atoms with Gasteiger partial charge in [0, 0.05) is 39.0 Å².